The molecular weight excluding hydrogens is 332 g/mol. The van der Waals surface area contributed by atoms with Crippen molar-refractivity contribution in [3.05, 3.63) is 35.9 Å². The average molecular weight is 365 g/mol. The van der Waals surface area contributed by atoms with Gasteiger partial charge in [0.25, 0.3) is 0 Å². The number of aryl methyl sites for hydroxylation is 1. The van der Waals surface area contributed by atoms with Gasteiger partial charge in [0, 0.05) is 19.0 Å². The van der Waals surface area contributed by atoms with E-state index in [2.05, 4.69) is 47.5 Å². The van der Waals surface area contributed by atoms with E-state index in [9.17, 15) is 4.79 Å². The van der Waals surface area contributed by atoms with Gasteiger partial charge in [-0.3, -0.25) is 4.79 Å². The predicted molar refractivity (Wildman–Crippen MR) is 106 cm³/mol. The Hall–Kier alpha value is -1.06. The molecule has 0 aromatic heterocycles. The van der Waals surface area contributed by atoms with E-state index in [1.165, 1.54) is 31.2 Å². The van der Waals surface area contributed by atoms with Crippen molar-refractivity contribution in [3.8, 4) is 0 Å². The number of hydrogen-bond donors (Lipinski definition) is 1. The highest BCUT2D eigenvalue weighted by molar-refractivity contribution is 5.85. The van der Waals surface area contributed by atoms with Crippen LogP contribution in [0.15, 0.2) is 30.3 Å². The number of halogens is 1. The van der Waals surface area contributed by atoms with E-state index in [1.54, 1.807) is 0 Å². The molecule has 2 aliphatic rings. The zero-order valence-corrected chi connectivity index (χ0v) is 16.3. The van der Waals surface area contributed by atoms with Crippen molar-refractivity contribution >= 4 is 18.3 Å². The summed E-state index contributed by atoms with van der Waals surface area (Å²) in [4.78, 5) is 15.0. The quantitative estimate of drug-likeness (QED) is 0.825. The normalized spacial score (nSPS) is 22.4. The lowest BCUT2D eigenvalue weighted by Crippen LogP contribution is -2.38. The molecule has 0 bridgehead atoms. The van der Waals surface area contributed by atoms with Gasteiger partial charge in [0.1, 0.15) is 0 Å². The third-order valence-corrected chi connectivity index (χ3v) is 5.99. The fraction of sp³-hybridized carbons (Fsp3) is 0.667. The van der Waals surface area contributed by atoms with Crippen LogP contribution in [0.3, 0.4) is 0 Å². The van der Waals surface area contributed by atoms with Gasteiger partial charge in [-0.1, -0.05) is 37.3 Å². The van der Waals surface area contributed by atoms with Crippen LogP contribution in [0.4, 0.5) is 0 Å². The molecule has 2 unspecified atom stereocenters. The van der Waals surface area contributed by atoms with Crippen LogP contribution in [-0.2, 0) is 11.2 Å². The topological polar surface area (TPSA) is 32.3 Å². The monoisotopic (exact) mass is 364 g/mol. The van der Waals surface area contributed by atoms with Gasteiger partial charge in [-0.05, 0) is 69.0 Å². The minimum atomic E-state index is 0. The summed E-state index contributed by atoms with van der Waals surface area (Å²) in [5, 5.41) is 3.42. The molecule has 1 N–H and O–H groups in total. The van der Waals surface area contributed by atoms with E-state index in [4.69, 9.17) is 0 Å². The average Bonchev–Trinajstić information content (AvgIpc) is 3.10. The molecule has 2 fully saturated rings. The third-order valence-electron chi connectivity index (χ3n) is 5.99. The number of hydrogen-bond acceptors (Lipinski definition) is 2. The van der Waals surface area contributed by atoms with E-state index in [1.807, 2.05) is 0 Å². The number of benzene rings is 1. The molecule has 2 heterocycles. The number of amides is 1. The number of nitrogens with one attached hydrogen (secondary N) is 1. The van der Waals surface area contributed by atoms with Gasteiger partial charge < -0.3 is 10.2 Å². The maximum Gasteiger partial charge on any atom is 0.223 e. The second-order valence-electron chi connectivity index (χ2n) is 7.68. The van der Waals surface area contributed by atoms with Crippen LogP contribution in [0, 0.1) is 11.8 Å². The zero-order chi connectivity index (χ0) is 16.8. The first-order chi connectivity index (χ1) is 11.7. The molecule has 25 heavy (non-hydrogen) atoms. The van der Waals surface area contributed by atoms with Gasteiger partial charge in [0.05, 0.1) is 0 Å². The Morgan fingerprint density at radius 3 is 2.64 bits per heavy atom. The molecule has 0 saturated carbocycles. The second kappa shape index (κ2) is 10.2. The fourth-order valence-corrected chi connectivity index (χ4v) is 4.41. The predicted octanol–water partition coefficient (Wildman–Crippen LogP) is 4.06. The Kier molecular flexibility index (Phi) is 8.25. The van der Waals surface area contributed by atoms with Crippen molar-refractivity contribution in [1.82, 2.24) is 10.2 Å². The molecule has 0 aliphatic carbocycles. The van der Waals surface area contributed by atoms with Crippen LogP contribution in [0.2, 0.25) is 0 Å². The lowest BCUT2D eigenvalue weighted by Gasteiger charge is -2.31. The van der Waals surface area contributed by atoms with Gasteiger partial charge in [0.15, 0.2) is 0 Å². The molecule has 140 valence electrons. The van der Waals surface area contributed by atoms with Crippen LogP contribution in [0.25, 0.3) is 0 Å². The highest BCUT2D eigenvalue weighted by atomic mass is 35.5. The molecule has 4 heteroatoms. The number of carbonyl (C=O) groups excluding carboxylic acids is 1. The Morgan fingerprint density at radius 1 is 1.20 bits per heavy atom. The summed E-state index contributed by atoms with van der Waals surface area (Å²) >= 11 is 0. The molecule has 0 spiro atoms. The summed E-state index contributed by atoms with van der Waals surface area (Å²) in [5.74, 6) is 1.65. The van der Waals surface area contributed by atoms with E-state index < -0.39 is 0 Å². The van der Waals surface area contributed by atoms with E-state index in [0.29, 0.717) is 17.9 Å². The maximum absolute atomic E-state index is 12.8. The summed E-state index contributed by atoms with van der Waals surface area (Å²) < 4.78 is 0. The van der Waals surface area contributed by atoms with Crippen molar-refractivity contribution in [1.29, 1.82) is 0 Å². The second-order valence-corrected chi connectivity index (χ2v) is 7.68. The largest absolute Gasteiger partial charge is 0.340 e. The van der Waals surface area contributed by atoms with Crippen molar-refractivity contribution < 1.29 is 4.79 Å². The summed E-state index contributed by atoms with van der Waals surface area (Å²) in [6.45, 7) is 5.49. The van der Waals surface area contributed by atoms with Gasteiger partial charge in [0.2, 0.25) is 5.91 Å². The molecule has 1 aromatic rings. The van der Waals surface area contributed by atoms with Gasteiger partial charge >= 0.3 is 0 Å². The molecule has 2 atom stereocenters. The van der Waals surface area contributed by atoms with Crippen LogP contribution >= 0.6 is 12.4 Å². The number of piperidine rings is 1. The maximum atomic E-state index is 12.8. The SMILES string of the molecule is CC(CC(=O)N1CCCC1CCc1ccccc1)C1CCNCC1.Cl. The molecule has 1 amide bonds. The molecule has 1 aromatic carbocycles. The molecule has 3 rings (SSSR count). The summed E-state index contributed by atoms with van der Waals surface area (Å²) in [7, 11) is 0. The van der Waals surface area contributed by atoms with E-state index >= 15 is 0 Å². The van der Waals surface area contributed by atoms with Gasteiger partial charge in [-0.25, -0.2) is 0 Å². The molecule has 0 radical (unpaired) electrons. The standard InChI is InChI=1S/C21H32N2O.ClH/c1-17(19-11-13-22-14-12-19)16-21(24)23-15-5-8-20(23)10-9-18-6-3-2-4-7-18;/h2-4,6-7,17,19-20,22H,5,8-16H2,1H3;1H. The van der Waals surface area contributed by atoms with E-state index in [-0.39, 0.29) is 12.4 Å². The Labute approximate surface area is 159 Å². The van der Waals surface area contributed by atoms with Crippen molar-refractivity contribution in [3.63, 3.8) is 0 Å². The van der Waals surface area contributed by atoms with Crippen LogP contribution in [0.1, 0.15) is 51.0 Å². The first-order valence-electron chi connectivity index (χ1n) is 9.78. The molecule has 2 aliphatic heterocycles. The lowest BCUT2D eigenvalue weighted by atomic mass is 9.84. The number of likely N-dealkylation sites (tertiary alicyclic amines) is 1. The van der Waals surface area contributed by atoms with E-state index in [0.717, 1.165) is 44.8 Å². The smallest absolute Gasteiger partial charge is 0.223 e. The number of nitrogens with zero attached hydrogens (tertiary/aromatic N) is 1. The van der Waals surface area contributed by atoms with Crippen molar-refractivity contribution in [2.75, 3.05) is 19.6 Å². The first-order valence-corrected chi connectivity index (χ1v) is 9.78. The zero-order valence-electron chi connectivity index (χ0n) is 15.5. The van der Waals surface area contributed by atoms with Crippen LogP contribution in [0.5, 0.6) is 0 Å². The highest BCUT2D eigenvalue weighted by Gasteiger charge is 2.30. The minimum Gasteiger partial charge on any atom is -0.340 e. The summed E-state index contributed by atoms with van der Waals surface area (Å²) in [6.07, 6.45) is 7.74. The fourth-order valence-electron chi connectivity index (χ4n) is 4.41. The Morgan fingerprint density at radius 2 is 1.92 bits per heavy atom. The Balaban J connectivity index is 0.00000225. The third kappa shape index (κ3) is 5.72. The number of carbonyl (C=O) groups is 1. The van der Waals surface area contributed by atoms with Crippen molar-refractivity contribution in [2.45, 2.75) is 57.9 Å². The molecular formula is C21H33ClN2O. The first kappa shape index (κ1) is 20.3. The Bertz CT molecular complexity index is 516. The van der Waals surface area contributed by atoms with Gasteiger partial charge in [-0.2, -0.15) is 0 Å². The molecule has 2 saturated heterocycles. The minimum absolute atomic E-state index is 0. The lowest BCUT2D eigenvalue weighted by molar-refractivity contribution is -0.133. The van der Waals surface area contributed by atoms with Crippen molar-refractivity contribution in [2.24, 2.45) is 11.8 Å². The summed E-state index contributed by atoms with van der Waals surface area (Å²) in [5.41, 5.74) is 1.39. The highest BCUT2D eigenvalue weighted by Crippen LogP contribution is 2.28. The van der Waals surface area contributed by atoms with Gasteiger partial charge in [-0.15, -0.1) is 12.4 Å². The summed E-state index contributed by atoms with van der Waals surface area (Å²) in [6, 6.07) is 11.1. The van der Waals surface area contributed by atoms with Crippen LogP contribution < -0.4 is 5.32 Å². The molecule has 3 nitrogen and oxygen atoms in total. The van der Waals surface area contributed by atoms with Crippen LogP contribution in [-0.4, -0.2) is 36.5 Å². The number of rotatable bonds is 6.